The molecule has 0 spiro atoms. The monoisotopic (exact) mass is 293 g/mol. The highest BCUT2D eigenvalue weighted by Crippen LogP contribution is 2.36. The number of aromatic amines is 1. The predicted octanol–water partition coefficient (Wildman–Crippen LogP) is 2.27. The van der Waals surface area contributed by atoms with Crippen molar-refractivity contribution < 1.29 is 18.8 Å². The van der Waals surface area contributed by atoms with E-state index >= 15 is 0 Å². The smallest absolute Gasteiger partial charge is 0.461 e. The molecule has 0 aliphatic carbocycles. The van der Waals surface area contributed by atoms with Gasteiger partial charge in [-0.05, 0) is 46.2 Å². The highest BCUT2D eigenvalue weighted by molar-refractivity contribution is 6.61. The molecule has 1 aromatic rings. The van der Waals surface area contributed by atoms with E-state index in [-0.39, 0.29) is 5.97 Å². The van der Waals surface area contributed by atoms with Crippen molar-refractivity contribution in [3.63, 3.8) is 0 Å². The summed E-state index contributed by atoms with van der Waals surface area (Å²) in [5.74, 6) is -0.341. The summed E-state index contributed by atoms with van der Waals surface area (Å²) in [4.78, 5) is 14.9. The summed E-state index contributed by atoms with van der Waals surface area (Å²) in [5, 5.41) is 0. The van der Waals surface area contributed by atoms with Crippen LogP contribution in [0, 0.1) is 0 Å². The molecule has 1 fully saturated rings. The first-order valence-electron chi connectivity index (χ1n) is 7.48. The number of nitrogens with one attached hydrogen (secondary N) is 1. The summed E-state index contributed by atoms with van der Waals surface area (Å²) in [5.41, 5.74) is 0.363. The van der Waals surface area contributed by atoms with Crippen LogP contribution < -0.4 is 5.59 Å². The number of rotatable bonds is 5. The zero-order chi connectivity index (χ0) is 15.7. The second kappa shape index (κ2) is 5.85. The molecule has 2 heterocycles. The molecular weight excluding hydrogens is 269 g/mol. The number of esters is 1. The van der Waals surface area contributed by atoms with Crippen LogP contribution in [-0.2, 0) is 14.0 Å². The molecule has 0 saturated carbocycles. The van der Waals surface area contributed by atoms with Crippen LogP contribution in [-0.4, -0.2) is 35.9 Å². The highest BCUT2D eigenvalue weighted by atomic mass is 16.7. The summed E-state index contributed by atoms with van der Waals surface area (Å²) in [6.45, 7) is 10.5. The summed E-state index contributed by atoms with van der Waals surface area (Å²) < 4.78 is 17.0. The molecule has 0 unspecified atom stereocenters. The van der Waals surface area contributed by atoms with E-state index in [0.29, 0.717) is 12.3 Å². The molecule has 21 heavy (non-hydrogen) atoms. The van der Waals surface area contributed by atoms with Crippen LogP contribution >= 0.6 is 0 Å². The number of aromatic nitrogens is 1. The normalized spacial score (nSPS) is 19.8. The third-order valence-corrected chi connectivity index (χ3v) is 4.17. The van der Waals surface area contributed by atoms with Crippen LogP contribution in [0.25, 0.3) is 0 Å². The molecule has 1 aliphatic rings. The third-order valence-electron chi connectivity index (χ3n) is 4.17. The van der Waals surface area contributed by atoms with Crippen LogP contribution in [0.3, 0.4) is 0 Å². The van der Waals surface area contributed by atoms with Crippen molar-refractivity contribution in [1.82, 2.24) is 4.98 Å². The van der Waals surface area contributed by atoms with Crippen LogP contribution in [0.4, 0.5) is 0 Å². The second-order valence-corrected chi connectivity index (χ2v) is 6.41. The SMILES string of the molecule is CCCCOC(=O)c1ccc(B2OC(C)(C)C(C)(C)O2)[nH]1. The molecule has 0 amide bonds. The zero-order valence-electron chi connectivity index (χ0n) is 13.5. The summed E-state index contributed by atoms with van der Waals surface area (Å²) >= 11 is 0. The Morgan fingerprint density at radius 2 is 1.86 bits per heavy atom. The summed E-state index contributed by atoms with van der Waals surface area (Å²) in [6, 6.07) is 3.51. The highest BCUT2D eigenvalue weighted by Gasteiger charge is 2.52. The maximum atomic E-state index is 11.9. The minimum atomic E-state index is -0.493. The van der Waals surface area contributed by atoms with Crippen molar-refractivity contribution in [2.45, 2.75) is 58.7 Å². The van der Waals surface area contributed by atoms with E-state index in [2.05, 4.69) is 11.9 Å². The van der Waals surface area contributed by atoms with Gasteiger partial charge in [0.2, 0.25) is 0 Å². The number of hydrogen-bond donors (Lipinski definition) is 1. The Morgan fingerprint density at radius 3 is 2.43 bits per heavy atom. The Hall–Kier alpha value is -1.27. The fraction of sp³-hybridized carbons (Fsp3) is 0.667. The lowest BCUT2D eigenvalue weighted by Gasteiger charge is -2.32. The van der Waals surface area contributed by atoms with Gasteiger partial charge in [-0.1, -0.05) is 13.3 Å². The first-order valence-corrected chi connectivity index (χ1v) is 7.48. The van der Waals surface area contributed by atoms with Gasteiger partial charge in [0, 0.05) is 5.59 Å². The lowest BCUT2D eigenvalue weighted by molar-refractivity contribution is 0.00578. The molecule has 1 aromatic heterocycles. The molecule has 1 saturated heterocycles. The van der Waals surface area contributed by atoms with E-state index in [0.717, 1.165) is 18.4 Å². The first kappa shape index (κ1) is 16.1. The van der Waals surface area contributed by atoms with Gasteiger partial charge in [0.15, 0.2) is 0 Å². The van der Waals surface area contributed by atoms with Crippen LogP contribution in [0.2, 0.25) is 0 Å². The lowest BCUT2D eigenvalue weighted by Crippen LogP contribution is -2.41. The Bertz CT molecular complexity index is 494. The quantitative estimate of drug-likeness (QED) is 0.514. The standard InChI is InChI=1S/C15H24BNO4/c1-6-7-10-19-13(18)11-8-9-12(17-11)16-20-14(2,3)15(4,5)21-16/h8-9,17H,6-7,10H2,1-5H3. The van der Waals surface area contributed by atoms with Crippen LogP contribution in [0.1, 0.15) is 57.9 Å². The van der Waals surface area contributed by atoms with Gasteiger partial charge in [-0.3, -0.25) is 0 Å². The maximum absolute atomic E-state index is 11.9. The Morgan fingerprint density at radius 1 is 1.24 bits per heavy atom. The number of carbonyl (C=O) groups excluding carboxylic acids is 1. The summed E-state index contributed by atoms with van der Waals surface area (Å²) in [6.07, 6.45) is 1.87. The van der Waals surface area contributed by atoms with Crippen LogP contribution in [0.15, 0.2) is 12.1 Å². The van der Waals surface area contributed by atoms with Crippen LogP contribution in [0.5, 0.6) is 0 Å². The molecule has 0 atom stereocenters. The molecule has 1 N–H and O–H groups in total. The van der Waals surface area contributed by atoms with Gasteiger partial charge in [0.05, 0.1) is 17.8 Å². The van der Waals surface area contributed by atoms with E-state index < -0.39 is 18.3 Å². The fourth-order valence-electron chi connectivity index (χ4n) is 2.03. The lowest BCUT2D eigenvalue weighted by atomic mass is 9.85. The minimum absolute atomic E-state index is 0.341. The Kier molecular flexibility index (Phi) is 4.49. The Balaban J connectivity index is 2.03. The first-order chi connectivity index (χ1) is 9.77. The molecule has 0 aromatic carbocycles. The molecule has 0 bridgehead atoms. The average molecular weight is 293 g/mol. The van der Waals surface area contributed by atoms with E-state index in [9.17, 15) is 4.79 Å². The van der Waals surface area contributed by atoms with Gasteiger partial charge in [-0.2, -0.15) is 0 Å². The minimum Gasteiger partial charge on any atom is -0.461 e. The van der Waals surface area contributed by atoms with Gasteiger partial charge in [0.1, 0.15) is 5.69 Å². The van der Waals surface area contributed by atoms with Crippen molar-refractivity contribution in [1.29, 1.82) is 0 Å². The topological polar surface area (TPSA) is 60.6 Å². The van der Waals surface area contributed by atoms with E-state index in [1.54, 1.807) is 12.1 Å². The van der Waals surface area contributed by atoms with E-state index in [1.807, 2.05) is 27.7 Å². The Labute approximate surface area is 126 Å². The van der Waals surface area contributed by atoms with E-state index in [1.165, 1.54) is 0 Å². The van der Waals surface area contributed by atoms with Gasteiger partial charge in [-0.15, -0.1) is 0 Å². The molecule has 1 aliphatic heterocycles. The van der Waals surface area contributed by atoms with Crippen molar-refractivity contribution >= 4 is 18.7 Å². The number of hydrogen-bond acceptors (Lipinski definition) is 4. The molecule has 0 radical (unpaired) electrons. The average Bonchev–Trinajstić information content (AvgIpc) is 2.93. The number of carbonyl (C=O) groups is 1. The van der Waals surface area contributed by atoms with Crippen molar-refractivity contribution in [2.24, 2.45) is 0 Å². The molecule has 5 nitrogen and oxygen atoms in total. The molecule has 6 heteroatoms. The number of H-pyrrole nitrogens is 1. The van der Waals surface area contributed by atoms with Crippen molar-refractivity contribution in [3.05, 3.63) is 17.8 Å². The number of unbranched alkanes of at least 4 members (excludes halogenated alkanes) is 1. The third kappa shape index (κ3) is 3.32. The van der Waals surface area contributed by atoms with Gasteiger partial charge in [0.25, 0.3) is 0 Å². The molecule has 116 valence electrons. The maximum Gasteiger partial charge on any atom is 0.512 e. The molecular formula is C15H24BNO4. The van der Waals surface area contributed by atoms with E-state index in [4.69, 9.17) is 14.0 Å². The fourth-order valence-corrected chi connectivity index (χ4v) is 2.03. The van der Waals surface area contributed by atoms with Gasteiger partial charge >= 0.3 is 13.1 Å². The molecule has 2 rings (SSSR count). The van der Waals surface area contributed by atoms with Crippen molar-refractivity contribution in [2.75, 3.05) is 6.61 Å². The predicted molar refractivity (Wildman–Crippen MR) is 81.7 cm³/mol. The largest absolute Gasteiger partial charge is 0.512 e. The van der Waals surface area contributed by atoms with Crippen molar-refractivity contribution in [3.8, 4) is 0 Å². The van der Waals surface area contributed by atoms with Gasteiger partial charge in [-0.25, -0.2) is 4.79 Å². The van der Waals surface area contributed by atoms with Gasteiger partial charge < -0.3 is 19.0 Å². The zero-order valence-corrected chi connectivity index (χ0v) is 13.5. The second-order valence-electron chi connectivity index (χ2n) is 6.41. The number of ether oxygens (including phenoxy) is 1. The summed E-state index contributed by atoms with van der Waals surface area (Å²) in [7, 11) is -0.493.